The van der Waals surface area contributed by atoms with Gasteiger partial charge in [-0.2, -0.15) is 5.26 Å². The van der Waals surface area contributed by atoms with Crippen LogP contribution >= 0.6 is 11.6 Å². The third-order valence-electron chi connectivity index (χ3n) is 4.60. The van der Waals surface area contributed by atoms with Crippen LogP contribution < -0.4 is 4.74 Å². The van der Waals surface area contributed by atoms with Crippen LogP contribution in [0.5, 0.6) is 11.5 Å². The normalized spacial score (nSPS) is 11.5. The molecular weight excluding hydrogens is 412 g/mol. The van der Waals surface area contributed by atoms with Crippen molar-refractivity contribution in [2.45, 2.75) is 32.5 Å². The van der Waals surface area contributed by atoms with E-state index >= 15 is 0 Å². The lowest BCUT2D eigenvalue weighted by Crippen LogP contribution is -2.37. The van der Waals surface area contributed by atoms with Crippen LogP contribution in [0.15, 0.2) is 78.9 Å². The minimum Gasteiger partial charge on any atom is -0.457 e. The fourth-order valence-electron chi connectivity index (χ4n) is 2.95. The second-order valence-electron chi connectivity index (χ2n) is 7.23. The molecule has 0 aliphatic heterocycles. The minimum absolute atomic E-state index is 0.115. The second-order valence-corrected chi connectivity index (χ2v) is 7.67. The van der Waals surface area contributed by atoms with Gasteiger partial charge >= 0.3 is 6.09 Å². The average Bonchev–Trinajstić information content (AvgIpc) is 2.77. The van der Waals surface area contributed by atoms with Crippen molar-refractivity contribution in [3.05, 3.63) is 95.0 Å². The Morgan fingerprint density at radius 2 is 1.68 bits per heavy atom. The Morgan fingerprint density at radius 3 is 2.32 bits per heavy atom. The van der Waals surface area contributed by atoms with Crippen molar-refractivity contribution in [3.8, 4) is 17.6 Å². The zero-order valence-corrected chi connectivity index (χ0v) is 18.1. The van der Waals surface area contributed by atoms with Crippen molar-refractivity contribution in [1.82, 2.24) is 4.90 Å². The topological polar surface area (TPSA) is 62.6 Å². The molecule has 1 unspecified atom stereocenters. The van der Waals surface area contributed by atoms with Gasteiger partial charge in [0.2, 0.25) is 6.10 Å². The third kappa shape index (κ3) is 6.24. The number of halogens is 1. The molecular formula is C25H23ClN2O3. The second kappa shape index (κ2) is 10.5. The molecule has 3 rings (SSSR count). The van der Waals surface area contributed by atoms with E-state index in [1.54, 1.807) is 41.3 Å². The highest BCUT2D eigenvalue weighted by atomic mass is 35.5. The molecule has 0 aliphatic carbocycles. The number of benzene rings is 3. The highest BCUT2D eigenvalue weighted by Crippen LogP contribution is 2.27. The van der Waals surface area contributed by atoms with Crippen LogP contribution in [0.2, 0.25) is 5.02 Å². The molecule has 3 aromatic rings. The molecule has 0 aliphatic rings. The maximum Gasteiger partial charge on any atom is 0.411 e. The summed E-state index contributed by atoms with van der Waals surface area (Å²) in [7, 11) is 0. The fraction of sp³-hybridized carbons (Fsp3) is 0.200. The Bertz CT molecular complexity index is 1050. The number of amides is 1. The van der Waals surface area contributed by atoms with Gasteiger partial charge in [-0.15, -0.1) is 0 Å². The number of hydrogen-bond donors (Lipinski definition) is 0. The first-order valence-electron chi connectivity index (χ1n) is 9.90. The summed E-state index contributed by atoms with van der Waals surface area (Å²) in [5.41, 5.74) is 1.46. The van der Waals surface area contributed by atoms with Gasteiger partial charge in [-0.25, -0.2) is 4.79 Å². The van der Waals surface area contributed by atoms with Crippen molar-refractivity contribution < 1.29 is 14.3 Å². The molecule has 31 heavy (non-hydrogen) atoms. The van der Waals surface area contributed by atoms with Crippen LogP contribution in [-0.2, 0) is 11.3 Å². The van der Waals surface area contributed by atoms with Gasteiger partial charge < -0.3 is 14.4 Å². The molecule has 158 valence electrons. The lowest BCUT2D eigenvalue weighted by atomic mass is 10.1. The molecule has 0 fully saturated rings. The van der Waals surface area contributed by atoms with Gasteiger partial charge in [0.15, 0.2) is 0 Å². The van der Waals surface area contributed by atoms with E-state index in [0.717, 1.165) is 5.56 Å². The smallest absolute Gasteiger partial charge is 0.411 e. The molecule has 0 bridgehead atoms. The first-order chi connectivity index (χ1) is 15.0. The van der Waals surface area contributed by atoms with E-state index in [4.69, 9.17) is 21.1 Å². The summed E-state index contributed by atoms with van der Waals surface area (Å²) >= 11 is 5.94. The van der Waals surface area contributed by atoms with Crippen LogP contribution in [-0.4, -0.2) is 17.0 Å². The van der Waals surface area contributed by atoms with Crippen molar-refractivity contribution in [1.29, 1.82) is 5.26 Å². The maximum absolute atomic E-state index is 12.9. The van der Waals surface area contributed by atoms with Crippen molar-refractivity contribution in [2.24, 2.45) is 0 Å². The van der Waals surface area contributed by atoms with Gasteiger partial charge in [0.1, 0.15) is 17.6 Å². The van der Waals surface area contributed by atoms with E-state index in [1.807, 2.05) is 56.3 Å². The van der Waals surface area contributed by atoms with E-state index in [1.165, 1.54) is 0 Å². The highest BCUT2D eigenvalue weighted by molar-refractivity contribution is 6.30. The summed E-state index contributed by atoms with van der Waals surface area (Å²) in [5, 5.41) is 10.3. The molecule has 0 saturated heterocycles. The number of carbonyl (C=O) groups is 1. The van der Waals surface area contributed by atoms with E-state index < -0.39 is 12.2 Å². The van der Waals surface area contributed by atoms with Crippen molar-refractivity contribution in [2.75, 3.05) is 0 Å². The Morgan fingerprint density at radius 1 is 1.00 bits per heavy atom. The van der Waals surface area contributed by atoms with Crippen LogP contribution in [0.4, 0.5) is 4.79 Å². The standard InChI is InChI=1S/C25H23ClN2O3/c1-18(2)28(17-19-11-13-21(26)14-12-19)25(29)31-24(16-27)20-7-6-10-23(15-20)30-22-8-4-3-5-9-22/h3-15,18,24H,17H2,1-2H3. The molecule has 0 spiro atoms. The van der Waals surface area contributed by atoms with Crippen molar-refractivity contribution >= 4 is 17.7 Å². The van der Waals surface area contributed by atoms with Crippen molar-refractivity contribution in [3.63, 3.8) is 0 Å². The number of rotatable bonds is 7. The van der Waals surface area contributed by atoms with Crippen LogP contribution in [0.1, 0.15) is 31.1 Å². The molecule has 3 aromatic carbocycles. The quantitative estimate of drug-likeness (QED) is 0.412. The Kier molecular flexibility index (Phi) is 7.53. The van der Waals surface area contributed by atoms with E-state index in [0.29, 0.717) is 28.6 Å². The van der Waals surface area contributed by atoms with Gasteiger partial charge in [0.25, 0.3) is 0 Å². The highest BCUT2D eigenvalue weighted by Gasteiger charge is 2.24. The molecule has 0 aromatic heterocycles. The van der Waals surface area contributed by atoms with Crippen LogP contribution in [0, 0.1) is 11.3 Å². The Hall–Kier alpha value is -3.49. The number of carbonyl (C=O) groups excluding carboxylic acids is 1. The number of nitrogens with zero attached hydrogens (tertiary/aromatic N) is 2. The summed E-state index contributed by atoms with van der Waals surface area (Å²) in [6.07, 6.45) is -1.62. The molecule has 0 N–H and O–H groups in total. The predicted octanol–water partition coefficient (Wildman–Crippen LogP) is 6.74. The number of ether oxygens (including phenoxy) is 2. The average molecular weight is 435 g/mol. The molecule has 5 nitrogen and oxygen atoms in total. The zero-order valence-electron chi connectivity index (χ0n) is 17.4. The maximum atomic E-state index is 12.9. The number of para-hydroxylation sites is 1. The summed E-state index contributed by atoms with van der Waals surface area (Å²) in [5.74, 6) is 1.24. The lowest BCUT2D eigenvalue weighted by molar-refractivity contribution is 0.0701. The summed E-state index contributed by atoms with van der Waals surface area (Å²) in [6.45, 7) is 4.14. The molecule has 0 saturated carbocycles. The summed E-state index contributed by atoms with van der Waals surface area (Å²) in [6, 6.07) is 25.5. The molecule has 1 amide bonds. The van der Waals surface area contributed by atoms with Gasteiger partial charge in [-0.05, 0) is 55.8 Å². The monoisotopic (exact) mass is 434 g/mol. The van der Waals surface area contributed by atoms with Gasteiger partial charge in [-0.1, -0.05) is 54.1 Å². The lowest BCUT2D eigenvalue weighted by Gasteiger charge is -2.27. The summed E-state index contributed by atoms with van der Waals surface area (Å²) < 4.78 is 11.4. The molecule has 6 heteroatoms. The van der Waals surface area contributed by atoms with Gasteiger partial charge in [0.05, 0.1) is 0 Å². The van der Waals surface area contributed by atoms with Gasteiger partial charge in [0, 0.05) is 23.2 Å². The molecule has 0 heterocycles. The number of nitriles is 1. The SMILES string of the molecule is CC(C)N(Cc1ccc(Cl)cc1)C(=O)OC(C#N)c1cccc(Oc2ccccc2)c1. The molecule has 1 atom stereocenters. The van der Waals surface area contributed by atoms with Crippen LogP contribution in [0.25, 0.3) is 0 Å². The Balaban J connectivity index is 1.73. The van der Waals surface area contributed by atoms with Crippen LogP contribution in [0.3, 0.4) is 0 Å². The van der Waals surface area contributed by atoms with Gasteiger partial charge in [-0.3, -0.25) is 0 Å². The van der Waals surface area contributed by atoms with E-state index in [9.17, 15) is 10.1 Å². The summed E-state index contributed by atoms with van der Waals surface area (Å²) in [4.78, 5) is 14.4. The third-order valence-corrected chi connectivity index (χ3v) is 4.85. The van der Waals surface area contributed by atoms with E-state index in [-0.39, 0.29) is 6.04 Å². The van der Waals surface area contributed by atoms with E-state index in [2.05, 4.69) is 6.07 Å². The number of hydrogen-bond acceptors (Lipinski definition) is 4. The first kappa shape index (κ1) is 22.2. The predicted molar refractivity (Wildman–Crippen MR) is 120 cm³/mol. The zero-order chi connectivity index (χ0) is 22.2. The minimum atomic E-state index is -1.06. The first-order valence-corrected chi connectivity index (χ1v) is 10.3. The Labute approximate surface area is 187 Å². The largest absolute Gasteiger partial charge is 0.457 e. The fourth-order valence-corrected chi connectivity index (χ4v) is 3.07. The molecule has 0 radical (unpaired) electrons.